The fraction of sp³-hybridized carbons (Fsp3) is 0.818. The molecule has 0 saturated carbocycles. The number of esters is 1. The topological polar surface area (TPSA) is 65.1 Å². The minimum absolute atomic E-state index is 0.125. The lowest BCUT2D eigenvalue weighted by atomic mass is 9.80. The maximum Gasteiger partial charge on any atom is 0.410 e. The Morgan fingerprint density at radius 1 is 1.03 bits per heavy atom. The lowest BCUT2D eigenvalue weighted by Gasteiger charge is -2.38. The molecule has 0 unspecified atom stereocenters. The Labute approximate surface area is 178 Å². The summed E-state index contributed by atoms with van der Waals surface area (Å²) in [5, 5.41) is 0.125. The van der Waals surface area contributed by atoms with Gasteiger partial charge in [-0.2, -0.15) is 0 Å². The van der Waals surface area contributed by atoms with E-state index >= 15 is 0 Å². The minimum atomic E-state index is -1.86. The standard InChI is InChI=1S/C22H41NO5Si/c1-17(16-27-29(9,10)21(5,6)7)15-26-18(24)22(8)11-13-23(14-12-22)19(25)28-20(2,3)4/h1,11-16H2,2-10H3. The average molecular weight is 428 g/mol. The van der Waals surface area contributed by atoms with Crippen molar-refractivity contribution in [3.05, 3.63) is 12.2 Å². The average Bonchev–Trinajstić information content (AvgIpc) is 2.55. The Bertz CT molecular complexity index is 608. The quantitative estimate of drug-likeness (QED) is 0.333. The van der Waals surface area contributed by atoms with Crippen LogP contribution in [0.4, 0.5) is 4.79 Å². The van der Waals surface area contributed by atoms with Gasteiger partial charge >= 0.3 is 12.1 Å². The van der Waals surface area contributed by atoms with Gasteiger partial charge in [0.1, 0.15) is 12.2 Å². The highest BCUT2D eigenvalue weighted by molar-refractivity contribution is 6.74. The van der Waals surface area contributed by atoms with Crippen LogP contribution >= 0.6 is 0 Å². The largest absolute Gasteiger partial charge is 0.461 e. The Morgan fingerprint density at radius 3 is 2.00 bits per heavy atom. The third-order valence-corrected chi connectivity index (χ3v) is 10.3. The van der Waals surface area contributed by atoms with Gasteiger partial charge in [-0.05, 0) is 64.2 Å². The smallest absolute Gasteiger partial charge is 0.410 e. The molecular weight excluding hydrogens is 386 g/mol. The van der Waals surface area contributed by atoms with Gasteiger partial charge in [-0.15, -0.1) is 0 Å². The zero-order valence-electron chi connectivity index (χ0n) is 19.9. The van der Waals surface area contributed by atoms with E-state index in [0.29, 0.717) is 32.5 Å². The van der Waals surface area contributed by atoms with Crippen molar-refractivity contribution in [2.75, 3.05) is 26.3 Å². The fourth-order valence-corrected chi connectivity index (χ4v) is 3.59. The molecule has 6 nitrogen and oxygen atoms in total. The number of piperidine rings is 1. The van der Waals surface area contributed by atoms with E-state index in [1.165, 1.54) is 0 Å². The van der Waals surface area contributed by atoms with E-state index in [-0.39, 0.29) is 23.7 Å². The molecule has 0 aromatic carbocycles. The number of carbonyl (C=O) groups excluding carboxylic acids is 2. The van der Waals surface area contributed by atoms with Crippen LogP contribution in [0.2, 0.25) is 18.1 Å². The number of ether oxygens (including phenoxy) is 2. The number of nitrogens with zero attached hydrogens (tertiary/aromatic N) is 1. The first kappa shape index (κ1) is 25.7. The molecule has 0 bridgehead atoms. The molecule has 0 spiro atoms. The van der Waals surface area contributed by atoms with E-state index in [0.717, 1.165) is 5.57 Å². The van der Waals surface area contributed by atoms with Crippen LogP contribution in [0.1, 0.15) is 61.3 Å². The van der Waals surface area contributed by atoms with Crippen LogP contribution in [0.15, 0.2) is 12.2 Å². The van der Waals surface area contributed by atoms with Crippen molar-refractivity contribution >= 4 is 20.4 Å². The molecule has 0 aromatic rings. The van der Waals surface area contributed by atoms with E-state index in [1.54, 1.807) is 4.90 Å². The summed E-state index contributed by atoms with van der Waals surface area (Å²) in [6.45, 7) is 23.9. The minimum Gasteiger partial charge on any atom is -0.461 e. The van der Waals surface area contributed by atoms with Crippen molar-refractivity contribution in [2.24, 2.45) is 5.41 Å². The molecule has 1 amide bonds. The van der Waals surface area contributed by atoms with E-state index in [9.17, 15) is 9.59 Å². The summed E-state index contributed by atoms with van der Waals surface area (Å²) in [6, 6.07) is 0. The summed E-state index contributed by atoms with van der Waals surface area (Å²) >= 11 is 0. The van der Waals surface area contributed by atoms with Gasteiger partial charge in [-0.3, -0.25) is 4.79 Å². The van der Waals surface area contributed by atoms with Crippen LogP contribution in [0.3, 0.4) is 0 Å². The summed E-state index contributed by atoms with van der Waals surface area (Å²) in [6.07, 6.45) is 0.778. The molecule has 0 aliphatic carbocycles. The van der Waals surface area contributed by atoms with Crippen LogP contribution in [0.25, 0.3) is 0 Å². The molecule has 7 heteroatoms. The van der Waals surface area contributed by atoms with Gasteiger partial charge in [0.15, 0.2) is 8.32 Å². The lowest BCUT2D eigenvalue weighted by molar-refractivity contribution is -0.156. The van der Waals surface area contributed by atoms with Gasteiger partial charge in [-0.1, -0.05) is 27.4 Å². The maximum atomic E-state index is 12.7. The molecular formula is C22H41NO5Si. The first-order valence-electron chi connectivity index (χ1n) is 10.4. The molecule has 168 valence electrons. The zero-order chi connectivity index (χ0) is 22.7. The summed E-state index contributed by atoms with van der Waals surface area (Å²) in [5.74, 6) is -0.241. The number of rotatable bonds is 6. The number of likely N-dealkylation sites (tertiary alicyclic amines) is 1. The molecule has 1 aliphatic rings. The van der Waals surface area contributed by atoms with Gasteiger partial charge in [0, 0.05) is 13.1 Å². The van der Waals surface area contributed by atoms with Gasteiger partial charge < -0.3 is 18.8 Å². The second kappa shape index (κ2) is 9.21. The molecule has 29 heavy (non-hydrogen) atoms. The zero-order valence-corrected chi connectivity index (χ0v) is 20.9. The van der Waals surface area contributed by atoms with Crippen LogP contribution in [0, 0.1) is 5.41 Å². The van der Waals surface area contributed by atoms with Crippen molar-refractivity contribution in [1.82, 2.24) is 4.90 Å². The Hall–Kier alpha value is -1.34. The Morgan fingerprint density at radius 2 is 1.55 bits per heavy atom. The highest BCUT2D eigenvalue weighted by Gasteiger charge is 2.40. The molecule has 0 atom stereocenters. The molecule has 1 aliphatic heterocycles. The predicted molar refractivity (Wildman–Crippen MR) is 118 cm³/mol. The lowest BCUT2D eigenvalue weighted by Crippen LogP contribution is -2.47. The van der Waals surface area contributed by atoms with Crippen molar-refractivity contribution in [1.29, 1.82) is 0 Å². The second-order valence-electron chi connectivity index (χ2n) is 10.9. The first-order valence-corrected chi connectivity index (χ1v) is 13.3. The molecule has 0 radical (unpaired) electrons. The van der Waals surface area contributed by atoms with Crippen molar-refractivity contribution in [3.63, 3.8) is 0 Å². The molecule has 0 aromatic heterocycles. The van der Waals surface area contributed by atoms with Crippen molar-refractivity contribution in [3.8, 4) is 0 Å². The van der Waals surface area contributed by atoms with Gasteiger partial charge in [0.05, 0.1) is 12.0 Å². The summed E-state index contributed by atoms with van der Waals surface area (Å²) < 4.78 is 17.1. The number of hydrogen-bond donors (Lipinski definition) is 0. The first-order chi connectivity index (χ1) is 13.0. The third kappa shape index (κ3) is 7.77. The number of carbonyl (C=O) groups is 2. The van der Waals surface area contributed by atoms with E-state index in [4.69, 9.17) is 13.9 Å². The number of hydrogen-bond acceptors (Lipinski definition) is 5. The highest BCUT2D eigenvalue weighted by atomic mass is 28.4. The predicted octanol–water partition coefficient (Wildman–Crippen LogP) is 5.14. The Kier molecular flexibility index (Phi) is 8.16. The van der Waals surface area contributed by atoms with E-state index < -0.39 is 19.3 Å². The van der Waals surface area contributed by atoms with Crippen molar-refractivity contribution < 1.29 is 23.5 Å². The van der Waals surface area contributed by atoms with Crippen molar-refractivity contribution in [2.45, 2.75) is 85.0 Å². The Balaban J connectivity index is 2.47. The highest BCUT2D eigenvalue weighted by Crippen LogP contribution is 2.37. The van der Waals surface area contributed by atoms with E-state index in [1.807, 2.05) is 27.7 Å². The molecule has 1 rings (SSSR count). The molecule has 0 N–H and O–H groups in total. The molecule has 1 saturated heterocycles. The van der Waals surface area contributed by atoms with Crippen LogP contribution in [0.5, 0.6) is 0 Å². The normalized spacial score (nSPS) is 17.6. The second-order valence-corrected chi connectivity index (χ2v) is 15.7. The van der Waals surface area contributed by atoms with Gasteiger partial charge in [-0.25, -0.2) is 4.79 Å². The van der Waals surface area contributed by atoms with Gasteiger partial charge in [0.25, 0.3) is 0 Å². The monoisotopic (exact) mass is 427 g/mol. The van der Waals surface area contributed by atoms with Crippen LogP contribution in [-0.4, -0.2) is 57.2 Å². The SMILES string of the molecule is C=C(COC(=O)C1(C)CCN(C(=O)OC(C)(C)C)CC1)CO[Si](C)(C)C(C)(C)C. The summed E-state index contributed by atoms with van der Waals surface area (Å²) in [5.41, 5.74) is -0.360. The summed E-state index contributed by atoms with van der Waals surface area (Å²) in [7, 11) is -1.86. The third-order valence-electron chi connectivity index (χ3n) is 5.86. The maximum absolute atomic E-state index is 12.7. The van der Waals surface area contributed by atoms with Crippen LogP contribution < -0.4 is 0 Å². The number of amides is 1. The molecule has 1 heterocycles. The fourth-order valence-electron chi connectivity index (χ4n) is 2.60. The van der Waals surface area contributed by atoms with E-state index in [2.05, 4.69) is 40.4 Å². The van der Waals surface area contributed by atoms with Crippen LogP contribution in [-0.2, 0) is 18.7 Å². The van der Waals surface area contributed by atoms with Gasteiger partial charge in [0.2, 0.25) is 0 Å². The molecule has 1 fully saturated rings. The summed E-state index contributed by atoms with van der Waals surface area (Å²) in [4.78, 5) is 26.5.